The van der Waals surface area contributed by atoms with Crippen LogP contribution in [0.25, 0.3) is 11.3 Å². The zero-order valence-electron chi connectivity index (χ0n) is 19.3. The van der Waals surface area contributed by atoms with Gasteiger partial charge in [0, 0.05) is 42.6 Å². The maximum absolute atomic E-state index is 5.19. The average Bonchev–Trinajstić information content (AvgIpc) is 2.89. The minimum Gasteiger partial charge on any atom is -0.497 e. The molecule has 3 aromatic heterocycles. The van der Waals surface area contributed by atoms with Gasteiger partial charge in [-0.3, -0.25) is 15.0 Å². The second-order valence-corrected chi connectivity index (χ2v) is 6.99. The van der Waals surface area contributed by atoms with E-state index >= 15 is 0 Å². The average molecular weight is 443 g/mol. The Morgan fingerprint density at radius 1 is 0.818 bits per heavy atom. The molecule has 7 nitrogen and oxygen atoms in total. The largest absolute Gasteiger partial charge is 0.497 e. The second-order valence-electron chi connectivity index (χ2n) is 6.99. The Morgan fingerprint density at radius 3 is 2.33 bits per heavy atom. The molecule has 7 heteroatoms. The number of rotatable bonds is 9. The van der Waals surface area contributed by atoms with Crippen LogP contribution in [-0.2, 0) is 6.42 Å². The second kappa shape index (κ2) is 12.8. The summed E-state index contributed by atoms with van der Waals surface area (Å²) in [5.74, 6) is 1.47. The third-order valence-corrected chi connectivity index (χ3v) is 4.75. The standard InChI is InChI=1S/C24H24N6O.C2H6/c1-31-22-6-4-20(5-7-22)29-24-17-27-16-23(30-24)19-13-21(15-26-14-19)28-10-2-3-18-8-11-25-12-9-18;1-2/h4-9,11-17,28H,2-3,10H2,1H3,(H,29,30);1-2H3. The number of ether oxygens (including phenoxy) is 1. The van der Waals surface area contributed by atoms with Gasteiger partial charge in [0.25, 0.3) is 0 Å². The van der Waals surface area contributed by atoms with Gasteiger partial charge >= 0.3 is 0 Å². The fraction of sp³-hybridized carbons (Fsp3) is 0.231. The molecule has 170 valence electrons. The molecule has 0 fully saturated rings. The molecule has 4 rings (SSSR count). The highest BCUT2D eigenvalue weighted by Gasteiger charge is 2.05. The van der Waals surface area contributed by atoms with Crippen LogP contribution in [0.3, 0.4) is 0 Å². The van der Waals surface area contributed by atoms with Gasteiger partial charge in [0.05, 0.1) is 30.9 Å². The Balaban J connectivity index is 0.00000149. The number of pyridine rings is 2. The summed E-state index contributed by atoms with van der Waals surface area (Å²) >= 11 is 0. The highest BCUT2D eigenvalue weighted by molar-refractivity contribution is 5.65. The van der Waals surface area contributed by atoms with Gasteiger partial charge in [0.1, 0.15) is 11.6 Å². The Hall–Kier alpha value is -4.00. The Kier molecular flexibility index (Phi) is 9.15. The molecule has 0 saturated heterocycles. The van der Waals surface area contributed by atoms with E-state index in [0.29, 0.717) is 5.82 Å². The molecule has 0 aliphatic heterocycles. The van der Waals surface area contributed by atoms with Gasteiger partial charge in [0.2, 0.25) is 0 Å². The minimum absolute atomic E-state index is 0.665. The SMILES string of the molecule is CC.COc1ccc(Nc2cncc(-c3cncc(NCCCc4ccncc4)c3)n2)cc1. The van der Waals surface area contributed by atoms with Crippen LogP contribution < -0.4 is 15.4 Å². The van der Waals surface area contributed by atoms with Crippen LogP contribution in [-0.4, -0.2) is 33.6 Å². The molecule has 0 atom stereocenters. The number of hydrogen-bond donors (Lipinski definition) is 2. The van der Waals surface area contributed by atoms with Crippen LogP contribution in [0, 0.1) is 0 Å². The first kappa shape index (κ1) is 23.7. The van der Waals surface area contributed by atoms with Crippen molar-refractivity contribution in [2.24, 2.45) is 0 Å². The number of benzene rings is 1. The monoisotopic (exact) mass is 442 g/mol. The number of nitrogens with zero attached hydrogens (tertiary/aromatic N) is 4. The van der Waals surface area contributed by atoms with Crippen molar-refractivity contribution in [2.75, 3.05) is 24.3 Å². The van der Waals surface area contributed by atoms with Gasteiger partial charge in [0.15, 0.2) is 0 Å². The zero-order chi connectivity index (χ0) is 23.3. The van der Waals surface area contributed by atoms with Crippen molar-refractivity contribution in [3.63, 3.8) is 0 Å². The van der Waals surface area contributed by atoms with E-state index in [1.54, 1.807) is 25.7 Å². The van der Waals surface area contributed by atoms with Crippen molar-refractivity contribution in [1.29, 1.82) is 0 Å². The Bertz CT molecular complexity index is 1100. The Labute approximate surface area is 195 Å². The number of aryl methyl sites for hydroxylation is 1. The first-order valence-corrected chi connectivity index (χ1v) is 11.1. The third kappa shape index (κ3) is 7.28. The molecular formula is C26H30N6O. The molecule has 4 aromatic rings. The minimum atomic E-state index is 0.665. The third-order valence-electron chi connectivity index (χ3n) is 4.75. The molecular weight excluding hydrogens is 412 g/mol. The van der Waals surface area contributed by atoms with Crippen LogP contribution in [0.2, 0.25) is 0 Å². The number of anilines is 3. The summed E-state index contributed by atoms with van der Waals surface area (Å²) in [5, 5.41) is 6.70. The molecule has 33 heavy (non-hydrogen) atoms. The molecule has 2 N–H and O–H groups in total. The lowest BCUT2D eigenvalue weighted by molar-refractivity contribution is 0.415. The quantitative estimate of drug-likeness (QED) is 0.319. The van der Waals surface area contributed by atoms with E-state index in [1.807, 2.05) is 74.9 Å². The smallest absolute Gasteiger partial charge is 0.149 e. The lowest BCUT2D eigenvalue weighted by atomic mass is 10.1. The molecule has 0 unspecified atom stereocenters. The number of nitrogens with one attached hydrogen (secondary N) is 2. The summed E-state index contributed by atoms with van der Waals surface area (Å²) in [6.45, 7) is 4.86. The maximum Gasteiger partial charge on any atom is 0.149 e. The van der Waals surface area contributed by atoms with E-state index in [4.69, 9.17) is 4.74 Å². The molecule has 0 bridgehead atoms. The summed E-state index contributed by atoms with van der Waals surface area (Å²) in [4.78, 5) is 17.4. The molecule has 0 spiro atoms. The number of methoxy groups -OCH3 is 1. The zero-order valence-corrected chi connectivity index (χ0v) is 19.3. The summed E-state index contributed by atoms with van der Waals surface area (Å²) < 4.78 is 5.19. The molecule has 0 amide bonds. The molecule has 0 radical (unpaired) electrons. The van der Waals surface area contributed by atoms with Crippen molar-refractivity contribution in [1.82, 2.24) is 19.9 Å². The maximum atomic E-state index is 5.19. The molecule has 0 aliphatic carbocycles. The van der Waals surface area contributed by atoms with Crippen molar-refractivity contribution in [3.8, 4) is 17.0 Å². The van der Waals surface area contributed by atoms with Gasteiger partial charge < -0.3 is 15.4 Å². The van der Waals surface area contributed by atoms with Gasteiger partial charge in [-0.25, -0.2) is 4.98 Å². The highest BCUT2D eigenvalue weighted by atomic mass is 16.5. The highest BCUT2D eigenvalue weighted by Crippen LogP contribution is 2.23. The van der Waals surface area contributed by atoms with Gasteiger partial charge in [-0.1, -0.05) is 13.8 Å². The van der Waals surface area contributed by atoms with Crippen LogP contribution in [0.1, 0.15) is 25.8 Å². The summed E-state index contributed by atoms with van der Waals surface area (Å²) in [7, 11) is 1.65. The number of hydrogen-bond acceptors (Lipinski definition) is 7. The fourth-order valence-corrected chi connectivity index (χ4v) is 3.14. The van der Waals surface area contributed by atoms with E-state index in [0.717, 1.165) is 47.8 Å². The van der Waals surface area contributed by atoms with E-state index < -0.39 is 0 Å². The van der Waals surface area contributed by atoms with Gasteiger partial charge in [-0.2, -0.15) is 0 Å². The van der Waals surface area contributed by atoms with Crippen LogP contribution in [0.15, 0.2) is 79.6 Å². The molecule has 3 heterocycles. The van der Waals surface area contributed by atoms with Crippen LogP contribution in [0.5, 0.6) is 5.75 Å². The number of aromatic nitrogens is 4. The van der Waals surface area contributed by atoms with Gasteiger partial charge in [-0.15, -0.1) is 0 Å². The predicted octanol–water partition coefficient (Wildman–Crippen LogP) is 5.76. The summed E-state index contributed by atoms with van der Waals surface area (Å²) in [5.41, 5.74) is 4.83. The van der Waals surface area contributed by atoms with Gasteiger partial charge in [-0.05, 0) is 60.9 Å². The summed E-state index contributed by atoms with van der Waals surface area (Å²) in [6, 6.07) is 13.8. The van der Waals surface area contributed by atoms with Crippen LogP contribution in [0.4, 0.5) is 17.2 Å². The topological polar surface area (TPSA) is 84.9 Å². The predicted molar refractivity (Wildman–Crippen MR) is 134 cm³/mol. The van der Waals surface area contributed by atoms with E-state index in [9.17, 15) is 0 Å². The first-order valence-electron chi connectivity index (χ1n) is 11.1. The lowest BCUT2D eigenvalue weighted by Crippen LogP contribution is -2.04. The first-order chi connectivity index (χ1) is 16.3. The normalized spacial score (nSPS) is 10.0. The van der Waals surface area contributed by atoms with Crippen molar-refractivity contribution < 1.29 is 4.74 Å². The van der Waals surface area contributed by atoms with Crippen molar-refractivity contribution in [2.45, 2.75) is 26.7 Å². The lowest BCUT2D eigenvalue weighted by Gasteiger charge is -2.10. The Morgan fingerprint density at radius 2 is 1.58 bits per heavy atom. The summed E-state index contributed by atoms with van der Waals surface area (Å²) in [6.07, 6.45) is 12.7. The van der Waals surface area contributed by atoms with Crippen molar-refractivity contribution in [3.05, 3.63) is 85.2 Å². The molecule has 0 aliphatic rings. The van der Waals surface area contributed by atoms with E-state index in [1.165, 1.54) is 5.56 Å². The van der Waals surface area contributed by atoms with Crippen LogP contribution >= 0.6 is 0 Å². The fourth-order valence-electron chi connectivity index (χ4n) is 3.14. The van der Waals surface area contributed by atoms with E-state index in [2.05, 4.69) is 30.6 Å². The molecule has 0 saturated carbocycles. The van der Waals surface area contributed by atoms with Crippen molar-refractivity contribution >= 4 is 17.2 Å². The van der Waals surface area contributed by atoms with E-state index in [-0.39, 0.29) is 0 Å². The molecule has 1 aromatic carbocycles.